The van der Waals surface area contributed by atoms with Gasteiger partial charge in [0.15, 0.2) is 0 Å². The zero-order valence-electron chi connectivity index (χ0n) is 13.7. The second-order valence-electron chi connectivity index (χ2n) is 6.91. The third kappa shape index (κ3) is 3.01. The molecular weight excluding hydrogens is 294 g/mol. The van der Waals surface area contributed by atoms with E-state index in [-0.39, 0.29) is 17.1 Å². The van der Waals surface area contributed by atoms with Crippen LogP contribution in [0.4, 0.5) is 13.2 Å². The number of halogens is 3. The standard InChI is InChI=1S/C15H21BF3NO2/c1-9(2)10-7-8-11(20-12(10)15(17,18)19)16-21-13(3,4)14(5,6)22-16/h7-9H,1-6H3. The second-order valence-corrected chi connectivity index (χ2v) is 6.91. The van der Waals surface area contributed by atoms with Crippen LogP contribution in [0.1, 0.15) is 58.7 Å². The minimum absolute atomic E-state index is 0.148. The van der Waals surface area contributed by atoms with Crippen molar-refractivity contribution in [2.75, 3.05) is 0 Å². The number of pyridine rings is 1. The van der Waals surface area contributed by atoms with Gasteiger partial charge >= 0.3 is 13.3 Å². The van der Waals surface area contributed by atoms with E-state index in [0.29, 0.717) is 0 Å². The molecule has 0 N–H and O–H groups in total. The van der Waals surface area contributed by atoms with Gasteiger partial charge in [0, 0.05) is 0 Å². The topological polar surface area (TPSA) is 31.4 Å². The number of hydrogen-bond donors (Lipinski definition) is 0. The van der Waals surface area contributed by atoms with Crippen molar-refractivity contribution in [3.8, 4) is 0 Å². The van der Waals surface area contributed by atoms with Crippen molar-refractivity contribution >= 4 is 12.7 Å². The summed E-state index contributed by atoms with van der Waals surface area (Å²) in [4.78, 5) is 3.80. The number of alkyl halides is 3. The van der Waals surface area contributed by atoms with Gasteiger partial charge in [0.1, 0.15) is 5.69 Å². The highest BCUT2D eigenvalue weighted by molar-refractivity contribution is 6.61. The molecule has 1 aromatic rings. The first-order chi connectivity index (χ1) is 9.85. The molecule has 0 radical (unpaired) electrons. The van der Waals surface area contributed by atoms with Crippen LogP contribution in [0.5, 0.6) is 0 Å². The highest BCUT2D eigenvalue weighted by Gasteiger charge is 2.52. The Bertz CT molecular complexity index is 554. The Hall–Kier alpha value is -1.08. The molecule has 2 heterocycles. The van der Waals surface area contributed by atoms with E-state index in [1.165, 1.54) is 6.07 Å². The first-order valence-corrected chi connectivity index (χ1v) is 7.29. The van der Waals surface area contributed by atoms with Gasteiger partial charge in [0.25, 0.3) is 0 Å². The lowest BCUT2D eigenvalue weighted by Crippen LogP contribution is -2.41. The molecule has 0 unspecified atom stereocenters. The normalized spacial score (nSPS) is 20.7. The summed E-state index contributed by atoms with van der Waals surface area (Å²) in [5, 5.41) is 0. The Morgan fingerprint density at radius 3 is 1.95 bits per heavy atom. The van der Waals surface area contributed by atoms with E-state index in [0.717, 1.165) is 0 Å². The van der Waals surface area contributed by atoms with Crippen LogP contribution in [0.3, 0.4) is 0 Å². The Morgan fingerprint density at radius 2 is 1.55 bits per heavy atom. The summed E-state index contributed by atoms with van der Waals surface area (Å²) in [5.74, 6) is -0.267. The molecule has 0 bridgehead atoms. The fraction of sp³-hybridized carbons (Fsp3) is 0.667. The number of rotatable bonds is 2. The number of aromatic nitrogens is 1. The van der Waals surface area contributed by atoms with Crippen LogP contribution < -0.4 is 5.59 Å². The molecule has 22 heavy (non-hydrogen) atoms. The number of nitrogens with zero attached hydrogens (tertiary/aromatic N) is 1. The van der Waals surface area contributed by atoms with E-state index in [2.05, 4.69) is 4.98 Å². The van der Waals surface area contributed by atoms with Gasteiger partial charge in [-0.1, -0.05) is 19.9 Å². The molecule has 2 rings (SSSR count). The molecule has 3 nitrogen and oxygen atoms in total. The van der Waals surface area contributed by atoms with E-state index >= 15 is 0 Å². The van der Waals surface area contributed by atoms with E-state index < -0.39 is 30.2 Å². The zero-order valence-corrected chi connectivity index (χ0v) is 13.7. The molecule has 1 aliphatic rings. The fourth-order valence-corrected chi connectivity index (χ4v) is 2.27. The third-order valence-corrected chi connectivity index (χ3v) is 4.33. The second kappa shape index (κ2) is 5.23. The summed E-state index contributed by atoms with van der Waals surface area (Å²) in [6.45, 7) is 10.8. The maximum absolute atomic E-state index is 13.2. The molecule has 7 heteroatoms. The van der Waals surface area contributed by atoms with Gasteiger partial charge in [-0.05, 0) is 45.2 Å². The predicted molar refractivity (Wildman–Crippen MR) is 79.0 cm³/mol. The summed E-state index contributed by atoms with van der Waals surface area (Å²) in [6.07, 6.45) is -4.50. The molecule has 0 aliphatic carbocycles. The third-order valence-electron chi connectivity index (χ3n) is 4.33. The zero-order chi connectivity index (χ0) is 16.9. The monoisotopic (exact) mass is 315 g/mol. The molecule has 1 aliphatic heterocycles. The van der Waals surface area contributed by atoms with Gasteiger partial charge < -0.3 is 9.31 Å². The molecular formula is C15H21BF3NO2. The van der Waals surface area contributed by atoms with Crippen LogP contribution >= 0.6 is 0 Å². The minimum atomic E-state index is -4.50. The average molecular weight is 315 g/mol. The van der Waals surface area contributed by atoms with Crippen molar-refractivity contribution in [2.45, 2.75) is 64.8 Å². The highest BCUT2D eigenvalue weighted by atomic mass is 19.4. The summed E-state index contributed by atoms with van der Waals surface area (Å²) in [7, 11) is -0.896. The summed E-state index contributed by atoms with van der Waals surface area (Å²) in [5.41, 5.74) is -1.78. The van der Waals surface area contributed by atoms with Crippen molar-refractivity contribution in [1.82, 2.24) is 4.98 Å². The molecule has 0 amide bonds. The quantitative estimate of drug-likeness (QED) is 0.783. The fourth-order valence-electron chi connectivity index (χ4n) is 2.27. The molecule has 1 aromatic heterocycles. The Balaban J connectivity index is 2.43. The van der Waals surface area contributed by atoms with E-state index in [1.54, 1.807) is 19.9 Å². The van der Waals surface area contributed by atoms with Crippen molar-refractivity contribution < 1.29 is 22.5 Å². The molecule has 1 saturated heterocycles. The van der Waals surface area contributed by atoms with E-state index in [1.807, 2.05) is 27.7 Å². The lowest BCUT2D eigenvalue weighted by molar-refractivity contribution is -0.141. The van der Waals surface area contributed by atoms with Crippen molar-refractivity contribution in [3.05, 3.63) is 23.4 Å². The van der Waals surface area contributed by atoms with Gasteiger partial charge in [0.05, 0.1) is 16.8 Å². The van der Waals surface area contributed by atoms with E-state index in [4.69, 9.17) is 9.31 Å². The predicted octanol–water partition coefficient (Wildman–Crippen LogP) is 3.52. The maximum atomic E-state index is 13.2. The Morgan fingerprint density at radius 1 is 1.05 bits per heavy atom. The smallest absolute Gasteiger partial charge is 0.398 e. The molecule has 0 spiro atoms. The van der Waals surface area contributed by atoms with Crippen molar-refractivity contribution in [2.24, 2.45) is 0 Å². The molecule has 0 saturated carbocycles. The maximum Gasteiger partial charge on any atom is 0.514 e. The summed E-state index contributed by atoms with van der Waals surface area (Å²) >= 11 is 0. The van der Waals surface area contributed by atoms with Gasteiger partial charge in [-0.25, -0.2) is 0 Å². The summed E-state index contributed by atoms with van der Waals surface area (Å²) < 4.78 is 51.2. The lowest BCUT2D eigenvalue weighted by Gasteiger charge is -2.32. The van der Waals surface area contributed by atoms with Gasteiger partial charge in [-0.2, -0.15) is 13.2 Å². The Labute approximate surface area is 129 Å². The molecule has 122 valence electrons. The van der Waals surface area contributed by atoms with Gasteiger partial charge in [0.2, 0.25) is 0 Å². The van der Waals surface area contributed by atoms with Crippen LogP contribution in [0.25, 0.3) is 0 Å². The van der Waals surface area contributed by atoms with Crippen molar-refractivity contribution in [1.29, 1.82) is 0 Å². The lowest BCUT2D eigenvalue weighted by atomic mass is 9.83. The van der Waals surface area contributed by atoms with Crippen LogP contribution in [-0.2, 0) is 15.5 Å². The van der Waals surface area contributed by atoms with Crippen LogP contribution in [-0.4, -0.2) is 23.3 Å². The van der Waals surface area contributed by atoms with Crippen LogP contribution in [0.15, 0.2) is 12.1 Å². The van der Waals surface area contributed by atoms with E-state index in [9.17, 15) is 13.2 Å². The summed E-state index contributed by atoms with van der Waals surface area (Å²) in [6, 6.07) is 3.01. The van der Waals surface area contributed by atoms with Crippen LogP contribution in [0, 0.1) is 0 Å². The molecule has 1 fully saturated rings. The first-order valence-electron chi connectivity index (χ1n) is 7.29. The van der Waals surface area contributed by atoms with Gasteiger partial charge in [-0.15, -0.1) is 0 Å². The first kappa shape index (κ1) is 17.3. The largest absolute Gasteiger partial charge is 0.514 e. The Kier molecular flexibility index (Phi) is 4.11. The SMILES string of the molecule is CC(C)c1ccc(B2OC(C)(C)C(C)(C)O2)nc1C(F)(F)F. The number of hydrogen-bond acceptors (Lipinski definition) is 3. The average Bonchev–Trinajstić information content (AvgIpc) is 2.56. The van der Waals surface area contributed by atoms with Crippen LogP contribution in [0.2, 0.25) is 0 Å². The van der Waals surface area contributed by atoms with Crippen molar-refractivity contribution in [3.63, 3.8) is 0 Å². The minimum Gasteiger partial charge on any atom is -0.398 e. The van der Waals surface area contributed by atoms with Gasteiger partial charge in [-0.3, -0.25) is 4.98 Å². The highest BCUT2D eigenvalue weighted by Crippen LogP contribution is 2.37. The molecule has 0 aromatic carbocycles. The molecule has 0 atom stereocenters.